The number of nitrogens with zero attached hydrogens (tertiary/aromatic N) is 1. The fraction of sp³-hybridized carbons (Fsp3) is 0.333. The van der Waals surface area contributed by atoms with Crippen LogP contribution in [0.25, 0.3) is 0 Å². The van der Waals surface area contributed by atoms with Gasteiger partial charge in [-0.15, -0.1) is 0 Å². The van der Waals surface area contributed by atoms with E-state index in [0.717, 1.165) is 0 Å². The number of nitrogens with one attached hydrogen (secondary N) is 1. The maximum Gasteiger partial charge on any atom is 0.255 e. The Morgan fingerprint density at radius 1 is 1.50 bits per heavy atom. The Hall–Kier alpha value is -1.83. The van der Waals surface area contributed by atoms with Gasteiger partial charge in [0.2, 0.25) is 0 Å². The summed E-state index contributed by atoms with van der Waals surface area (Å²) in [5.41, 5.74) is 6.28. The zero-order valence-electron chi connectivity index (χ0n) is 10.5. The standard InChI is InChI=1S/C12H14ClN3O4/c13-8-2-1-7(11(14)16-18)5-9(8)15-12(17)10-6-19-3-4-20-10/h1-2,5,10,18H,3-4,6H2,(H2,14,16)(H,15,17). The number of nitrogens with two attached hydrogens (primary N) is 1. The lowest BCUT2D eigenvalue weighted by atomic mass is 10.2. The monoisotopic (exact) mass is 299 g/mol. The lowest BCUT2D eigenvalue weighted by molar-refractivity contribution is -0.142. The van der Waals surface area contributed by atoms with E-state index in [0.29, 0.717) is 29.5 Å². The van der Waals surface area contributed by atoms with Gasteiger partial charge in [-0.2, -0.15) is 0 Å². The molecule has 0 aromatic heterocycles. The third kappa shape index (κ3) is 3.38. The summed E-state index contributed by atoms with van der Waals surface area (Å²) in [4.78, 5) is 12.0. The number of oxime groups is 1. The maximum atomic E-state index is 12.0. The average Bonchev–Trinajstić information content (AvgIpc) is 2.49. The number of halogens is 1. The average molecular weight is 300 g/mol. The van der Waals surface area contributed by atoms with Gasteiger partial charge < -0.3 is 25.7 Å². The van der Waals surface area contributed by atoms with Crippen LogP contribution in [0.3, 0.4) is 0 Å². The van der Waals surface area contributed by atoms with Crippen molar-refractivity contribution in [1.29, 1.82) is 0 Å². The summed E-state index contributed by atoms with van der Waals surface area (Å²) < 4.78 is 10.4. The Morgan fingerprint density at radius 2 is 2.30 bits per heavy atom. The maximum absolute atomic E-state index is 12.0. The molecule has 0 saturated carbocycles. The number of rotatable bonds is 3. The third-order valence-electron chi connectivity index (χ3n) is 2.74. The number of amidine groups is 1. The van der Waals surface area contributed by atoms with E-state index in [-0.39, 0.29) is 18.3 Å². The van der Waals surface area contributed by atoms with Crippen molar-refractivity contribution in [3.05, 3.63) is 28.8 Å². The lowest BCUT2D eigenvalue weighted by Gasteiger charge is -2.22. The van der Waals surface area contributed by atoms with Crippen LogP contribution in [-0.2, 0) is 14.3 Å². The van der Waals surface area contributed by atoms with E-state index in [1.807, 2.05) is 0 Å². The molecule has 1 heterocycles. The summed E-state index contributed by atoms with van der Waals surface area (Å²) in [6, 6.07) is 4.63. The largest absolute Gasteiger partial charge is 0.409 e. The van der Waals surface area contributed by atoms with E-state index < -0.39 is 6.10 Å². The smallest absolute Gasteiger partial charge is 0.255 e. The van der Waals surface area contributed by atoms with Gasteiger partial charge in [-0.05, 0) is 18.2 Å². The lowest BCUT2D eigenvalue weighted by Crippen LogP contribution is -2.39. The molecule has 1 aromatic carbocycles. The van der Waals surface area contributed by atoms with Gasteiger partial charge in [0.05, 0.1) is 30.5 Å². The summed E-state index contributed by atoms with van der Waals surface area (Å²) in [7, 11) is 0. The van der Waals surface area contributed by atoms with E-state index in [4.69, 9.17) is 32.0 Å². The molecule has 0 radical (unpaired) electrons. The molecule has 108 valence electrons. The van der Waals surface area contributed by atoms with Crippen molar-refractivity contribution < 1.29 is 19.5 Å². The highest BCUT2D eigenvalue weighted by atomic mass is 35.5. The number of hydrogen-bond acceptors (Lipinski definition) is 5. The second kappa shape index (κ2) is 6.56. The van der Waals surface area contributed by atoms with Crippen LogP contribution >= 0.6 is 11.6 Å². The topological polar surface area (TPSA) is 106 Å². The van der Waals surface area contributed by atoms with Gasteiger partial charge in [0, 0.05) is 5.56 Å². The molecule has 0 spiro atoms. The number of anilines is 1. The second-order valence-corrected chi connectivity index (χ2v) is 4.51. The van der Waals surface area contributed by atoms with E-state index in [2.05, 4.69) is 10.5 Å². The van der Waals surface area contributed by atoms with E-state index >= 15 is 0 Å². The molecule has 1 saturated heterocycles. The van der Waals surface area contributed by atoms with E-state index in [1.165, 1.54) is 6.07 Å². The molecule has 2 rings (SSSR count). The molecule has 0 aliphatic carbocycles. The van der Waals surface area contributed by atoms with Gasteiger partial charge in [-0.1, -0.05) is 16.8 Å². The van der Waals surface area contributed by atoms with Gasteiger partial charge >= 0.3 is 0 Å². The Kier molecular flexibility index (Phi) is 4.78. The quantitative estimate of drug-likeness (QED) is 0.331. The molecular formula is C12H14ClN3O4. The molecule has 7 nitrogen and oxygen atoms in total. The molecule has 8 heteroatoms. The minimum Gasteiger partial charge on any atom is -0.409 e. The van der Waals surface area contributed by atoms with Gasteiger partial charge in [0.1, 0.15) is 0 Å². The first-order valence-electron chi connectivity index (χ1n) is 5.89. The van der Waals surface area contributed by atoms with Crippen LogP contribution in [0.5, 0.6) is 0 Å². The zero-order chi connectivity index (χ0) is 14.5. The highest BCUT2D eigenvalue weighted by Crippen LogP contribution is 2.23. The van der Waals surface area contributed by atoms with Crippen molar-refractivity contribution in [3.8, 4) is 0 Å². The highest BCUT2D eigenvalue weighted by molar-refractivity contribution is 6.34. The Labute approximate surface area is 120 Å². The predicted octanol–water partition coefficient (Wildman–Crippen LogP) is 0.788. The molecule has 0 bridgehead atoms. The van der Waals surface area contributed by atoms with Crippen LogP contribution in [0.1, 0.15) is 5.56 Å². The number of benzene rings is 1. The molecule has 1 aromatic rings. The SMILES string of the molecule is N/C(=N/O)c1ccc(Cl)c(NC(=O)C2COCCO2)c1. The van der Waals surface area contributed by atoms with Gasteiger partial charge in [-0.25, -0.2) is 0 Å². The van der Waals surface area contributed by atoms with Crippen LogP contribution in [-0.4, -0.2) is 42.9 Å². The normalized spacial score (nSPS) is 19.6. The number of carbonyl (C=O) groups is 1. The first-order chi connectivity index (χ1) is 9.61. The molecular weight excluding hydrogens is 286 g/mol. The number of carbonyl (C=O) groups excluding carboxylic acids is 1. The van der Waals surface area contributed by atoms with Crippen LogP contribution < -0.4 is 11.1 Å². The van der Waals surface area contributed by atoms with Crippen LogP contribution in [0.2, 0.25) is 5.02 Å². The summed E-state index contributed by atoms with van der Waals surface area (Å²) in [6.45, 7) is 1.04. The van der Waals surface area contributed by atoms with Crippen LogP contribution in [0.4, 0.5) is 5.69 Å². The number of ether oxygens (including phenoxy) is 2. The predicted molar refractivity (Wildman–Crippen MR) is 73.2 cm³/mol. The highest BCUT2D eigenvalue weighted by Gasteiger charge is 2.23. The summed E-state index contributed by atoms with van der Waals surface area (Å²) in [5.74, 6) is -0.433. The van der Waals surface area contributed by atoms with Crippen molar-refractivity contribution in [2.45, 2.75) is 6.10 Å². The second-order valence-electron chi connectivity index (χ2n) is 4.10. The van der Waals surface area contributed by atoms with Gasteiger partial charge in [-0.3, -0.25) is 4.79 Å². The first kappa shape index (κ1) is 14.6. The fourth-order valence-corrected chi connectivity index (χ4v) is 1.86. The van der Waals surface area contributed by atoms with Crippen molar-refractivity contribution in [2.75, 3.05) is 25.1 Å². The summed E-state index contributed by atoms with van der Waals surface area (Å²) >= 11 is 6.00. The van der Waals surface area contributed by atoms with Crippen LogP contribution in [0, 0.1) is 0 Å². The van der Waals surface area contributed by atoms with Crippen molar-refractivity contribution >= 4 is 29.0 Å². The fourth-order valence-electron chi connectivity index (χ4n) is 1.69. The molecule has 20 heavy (non-hydrogen) atoms. The Balaban J connectivity index is 2.13. The summed E-state index contributed by atoms with van der Waals surface area (Å²) in [5, 5.41) is 14.5. The molecule has 1 fully saturated rings. The van der Waals surface area contributed by atoms with Crippen molar-refractivity contribution in [1.82, 2.24) is 0 Å². The molecule has 1 atom stereocenters. The minimum atomic E-state index is -0.674. The third-order valence-corrected chi connectivity index (χ3v) is 3.07. The first-order valence-corrected chi connectivity index (χ1v) is 6.27. The van der Waals surface area contributed by atoms with Gasteiger partial charge in [0.25, 0.3) is 5.91 Å². The Morgan fingerprint density at radius 3 is 2.95 bits per heavy atom. The van der Waals surface area contributed by atoms with E-state index in [1.54, 1.807) is 12.1 Å². The molecule has 1 aliphatic rings. The van der Waals surface area contributed by atoms with Crippen molar-refractivity contribution in [3.63, 3.8) is 0 Å². The molecule has 1 amide bonds. The van der Waals surface area contributed by atoms with Gasteiger partial charge in [0.15, 0.2) is 11.9 Å². The molecule has 1 unspecified atom stereocenters. The zero-order valence-corrected chi connectivity index (χ0v) is 11.3. The van der Waals surface area contributed by atoms with Crippen LogP contribution in [0.15, 0.2) is 23.4 Å². The number of hydrogen-bond donors (Lipinski definition) is 3. The minimum absolute atomic E-state index is 0.0746. The summed E-state index contributed by atoms with van der Waals surface area (Å²) in [6.07, 6.45) is -0.674. The number of amides is 1. The van der Waals surface area contributed by atoms with Crippen molar-refractivity contribution in [2.24, 2.45) is 10.9 Å². The molecule has 4 N–H and O–H groups in total. The van der Waals surface area contributed by atoms with E-state index in [9.17, 15) is 4.79 Å². The Bertz CT molecular complexity index is 529. The molecule has 1 aliphatic heterocycles.